The van der Waals surface area contributed by atoms with E-state index >= 15 is 0 Å². The zero-order valence-electron chi connectivity index (χ0n) is 19.3. The Kier molecular flexibility index (Phi) is 5.83. The summed E-state index contributed by atoms with van der Waals surface area (Å²) in [5.41, 5.74) is 3.65. The van der Waals surface area contributed by atoms with Crippen molar-refractivity contribution in [2.45, 2.75) is 62.8 Å². The molecule has 1 N–H and O–H groups in total. The number of piperazine rings is 1. The molecule has 3 heterocycles. The summed E-state index contributed by atoms with van der Waals surface area (Å²) in [5.74, 6) is 0.669. The third-order valence-corrected chi connectivity index (χ3v) is 10.6. The zero-order chi connectivity index (χ0) is 23.3. The van der Waals surface area contributed by atoms with Crippen LogP contribution < -0.4 is 5.56 Å². The van der Waals surface area contributed by atoms with Gasteiger partial charge in [0.2, 0.25) is 10.0 Å². The predicted molar refractivity (Wildman–Crippen MR) is 134 cm³/mol. The molecule has 1 fully saturated rings. The van der Waals surface area contributed by atoms with Crippen LogP contribution in [0.3, 0.4) is 0 Å². The monoisotopic (exact) mass is 498 g/mol. The number of aromatic amines is 1. The molecule has 3 aromatic rings. The number of aryl methyl sites for hydroxylation is 4. The van der Waals surface area contributed by atoms with E-state index in [-0.39, 0.29) is 5.56 Å². The van der Waals surface area contributed by atoms with Gasteiger partial charge in [-0.2, -0.15) is 4.31 Å². The Hall–Kier alpha value is -2.07. The highest BCUT2D eigenvalue weighted by atomic mass is 32.2. The molecule has 3 aliphatic rings. The number of aromatic nitrogens is 2. The van der Waals surface area contributed by atoms with Gasteiger partial charge >= 0.3 is 0 Å². The van der Waals surface area contributed by atoms with E-state index in [2.05, 4.69) is 9.88 Å². The van der Waals surface area contributed by atoms with E-state index in [9.17, 15) is 13.2 Å². The fourth-order valence-electron chi connectivity index (χ4n) is 5.64. The Balaban J connectivity index is 1.15. The van der Waals surface area contributed by atoms with Crippen LogP contribution in [-0.2, 0) is 42.3 Å². The van der Waals surface area contributed by atoms with Crippen molar-refractivity contribution in [1.82, 2.24) is 19.2 Å². The van der Waals surface area contributed by atoms with Gasteiger partial charge in [-0.15, -0.1) is 11.3 Å². The number of H-pyrrole nitrogens is 1. The van der Waals surface area contributed by atoms with Crippen molar-refractivity contribution in [3.63, 3.8) is 0 Å². The summed E-state index contributed by atoms with van der Waals surface area (Å²) in [4.78, 5) is 25.4. The van der Waals surface area contributed by atoms with E-state index in [4.69, 9.17) is 4.98 Å². The maximum Gasteiger partial charge on any atom is 0.259 e. The minimum atomic E-state index is -3.49. The number of rotatable bonds is 4. The molecule has 2 aromatic heterocycles. The van der Waals surface area contributed by atoms with Crippen LogP contribution >= 0.6 is 11.3 Å². The molecule has 34 heavy (non-hydrogen) atoms. The van der Waals surface area contributed by atoms with E-state index in [0.29, 0.717) is 43.4 Å². The first-order valence-electron chi connectivity index (χ1n) is 12.4. The van der Waals surface area contributed by atoms with Crippen molar-refractivity contribution in [3.8, 4) is 0 Å². The van der Waals surface area contributed by atoms with Gasteiger partial charge in [0, 0.05) is 31.1 Å². The Morgan fingerprint density at radius 2 is 1.68 bits per heavy atom. The summed E-state index contributed by atoms with van der Waals surface area (Å²) < 4.78 is 28.1. The van der Waals surface area contributed by atoms with Crippen molar-refractivity contribution in [2.75, 3.05) is 26.2 Å². The SMILES string of the molecule is O=c1[nH]c(CN2CCN(S(=O)(=O)c3ccc4c(c3)CCCC4)CC2)nc2sc3c(c12)CCCC3. The largest absolute Gasteiger partial charge is 0.309 e. The summed E-state index contributed by atoms with van der Waals surface area (Å²) in [7, 11) is -3.49. The molecule has 0 amide bonds. The Labute approximate surface area is 203 Å². The lowest BCUT2D eigenvalue weighted by Crippen LogP contribution is -2.48. The number of nitrogens with zero attached hydrogens (tertiary/aromatic N) is 3. The van der Waals surface area contributed by atoms with Crippen LogP contribution in [0.4, 0.5) is 0 Å². The lowest BCUT2D eigenvalue weighted by atomic mass is 9.92. The number of nitrogens with one attached hydrogen (secondary N) is 1. The maximum absolute atomic E-state index is 13.3. The predicted octanol–water partition coefficient (Wildman–Crippen LogP) is 3.25. The Bertz CT molecular complexity index is 1400. The number of hydrogen-bond donors (Lipinski definition) is 1. The molecule has 6 rings (SSSR count). The second-order valence-electron chi connectivity index (χ2n) is 9.72. The minimum absolute atomic E-state index is 0.0342. The molecule has 1 aliphatic heterocycles. The molecule has 7 nitrogen and oxygen atoms in total. The van der Waals surface area contributed by atoms with Gasteiger partial charge in [-0.05, 0) is 80.2 Å². The van der Waals surface area contributed by atoms with E-state index in [1.165, 1.54) is 34.4 Å². The van der Waals surface area contributed by atoms with Crippen molar-refractivity contribution in [2.24, 2.45) is 0 Å². The lowest BCUT2D eigenvalue weighted by Gasteiger charge is -2.33. The van der Waals surface area contributed by atoms with Gasteiger partial charge in [0.05, 0.1) is 16.8 Å². The second-order valence-corrected chi connectivity index (χ2v) is 12.7. The highest BCUT2D eigenvalue weighted by Crippen LogP contribution is 2.33. The van der Waals surface area contributed by atoms with E-state index in [0.717, 1.165) is 48.7 Å². The lowest BCUT2D eigenvalue weighted by molar-refractivity contribution is 0.178. The van der Waals surface area contributed by atoms with Crippen molar-refractivity contribution < 1.29 is 8.42 Å². The molecule has 1 saturated heterocycles. The number of fused-ring (bicyclic) bond motifs is 4. The molecule has 0 bridgehead atoms. The van der Waals surface area contributed by atoms with Crippen LogP contribution in [0.25, 0.3) is 10.2 Å². The smallest absolute Gasteiger partial charge is 0.259 e. The molecular weight excluding hydrogens is 468 g/mol. The van der Waals surface area contributed by atoms with Crippen LogP contribution in [-0.4, -0.2) is 53.8 Å². The second kappa shape index (κ2) is 8.86. The summed E-state index contributed by atoms with van der Waals surface area (Å²) in [6, 6.07) is 5.66. The summed E-state index contributed by atoms with van der Waals surface area (Å²) in [6.45, 7) is 2.65. The van der Waals surface area contributed by atoms with Gasteiger partial charge in [-0.1, -0.05) is 6.07 Å². The normalized spacial score (nSPS) is 19.8. The fraction of sp³-hybridized carbons (Fsp3) is 0.520. The number of thiophene rings is 1. The van der Waals surface area contributed by atoms with E-state index < -0.39 is 10.0 Å². The molecular formula is C25H30N4O3S2. The molecule has 0 unspecified atom stereocenters. The third kappa shape index (κ3) is 4.02. The molecule has 0 atom stereocenters. The molecule has 0 spiro atoms. The molecule has 2 aliphatic carbocycles. The Morgan fingerprint density at radius 1 is 0.941 bits per heavy atom. The van der Waals surface area contributed by atoms with Gasteiger partial charge in [0.15, 0.2) is 0 Å². The van der Waals surface area contributed by atoms with Crippen LogP contribution in [0.15, 0.2) is 27.9 Å². The van der Waals surface area contributed by atoms with E-state index in [1.807, 2.05) is 12.1 Å². The van der Waals surface area contributed by atoms with E-state index in [1.54, 1.807) is 21.7 Å². The number of benzene rings is 1. The minimum Gasteiger partial charge on any atom is -0.309 e. The average Bonchev–Trinajstić information content (AvgIpc) is 3.23. The maximum atomic E-state index is 13.3. The van der Waals surface area contributed by atoms with Gasteiger partial charge in [-0.25, -0.2) is 13.4 Å². The summed E-state index contributed by atoms with van der Waals surface area (Å²) in [5, 5.41) is 0.782. The standard InChI is InChI=1S/C25H30N4O3S2/c30-24-23-20-7-3-4-8-21(20)33-25(23)27-22(26-24)16-28-11-13-29(14-12-28)34(31,32)19-10-9-17-5-1-2-6-18(17)15-19/h9-10,15H,1-8,11-14,16H2,(H,26,27,30). The quantitative estimate of drug-likeness (QED) is 0.597. The first kappa shape index (κ1) is 22.4. The molecule has 9 heteroatoms. The van der Waals surface area contributed by atoms with Gasteiger partial charge in [-0.3, -0.25) is 9.69 Å². The molecule has 0 saturated carbocycles. The average molecular weight is 499 g/mol. The highest BCUT2D eigenvalue weighted by Gasteiger charge is 2.30. The fourth-order valence-corrected chi connectivity index (χ4v) is 8.40. The van der Waals surface area contributed by atoms with Crippen LogP contribution in [0.5, 0.6) is 0 Å². The summed E-state index contributed by atoms with van der Waals surface area (Å²) in [6.07, 6.45) is 8.67. The number of sulfonamides is 1. The van der Waals surface area contributed by atoms with Gasteiger partial charge < -0.3 is 4.98 Å². The van der Waals surface area contributed by atoms with Crippen molar-refractivity contribution in [1.29, 1.82) is 0 Å². The highest BCUT2D eigenvalue weighted by molar-refractivity contribution is 7.89. The van der Waals surface area contributed by atoms with Crippen LogP contribution in [0.1, 0.15) is 53.1 Å². The first-order valence-corrected chi connectivity index (χ1v) is 14.6. The topological polar surface area (TPSA) is 86.4 Å². The number of hydrogen-bond acceptors (Lipinski definition) is 6. The van der Waals surface area contributed by atoms with Gasteiger partial charge in [0.25, 0.3) is 5.56 Å². The van der Waals surface area contributed by atoms with Gasteiger partial charge in [0.1, 0.15) is 10.7 Å². The summed E-state index contributed by atoms with van der Waals surface area (Å²) >= 11 is 1.66. The zero-order valence-corrected chi connectivity index (χ0v) is 20.9. The first-order chi connectivity index (χ1) is 16.5. The molecule has 0 radical (unpaired) electrons. The van der Waals surface area contributed by atoms with Crippen LogP contribution in [0, 0.1) is 0 Å². The molecule has 180 valence electrons. The third-order valence-electron chi connectivity index (χ3n) is 7.54. The Morgan fingerprint density at radius 3 is 2.50 bits per heavy atom. The molecule has 1 aromatic carbocycles. The van der Waals surface area contributed by atoms with Crippen LogP contribution in [0.2, 0.25) is 0 Å². The van der Waals surface area contributed by atoms with Crippen molar-refractivity contribution >= 4 is 31.6 Å². The van der Waals surface area contributed by atoms with Crippen molar-refractivity contribution in [3.05, 3.63) is 55.9 Å².